The monoisotopic (exact) mass is 383 g/mol. The van der Waals surface area contributed by atoms with Crippen LogP contribution in [0.1, 0.15) is 71.1 Å². The summed E-state index contributed by atoms with van der Waals surface area (Å²) >= 11 is 0. The van der Waals surface area contributed by atoms with Crippen molar-refractivity contribution in [1.29, 1.82) is 0 Å². The molecule has 6 N–H and O–H groups in total. The molecule has 154 valence electrons. The highest BCUT2D eigenvalue weighted by Gasteiger charge is 2.66. The molecule has 0 aromatic rings. The van der Waals surface area contributed by atoms with Gasteiger partial charge in [-0.2, -0.15) is 0 Å². The first-order valence-corrected chi connectivity index (χ1v) is 11.5. The molecule has 0 aromatic heterocycles. The lowest BCUT2D eigenvalue weighted by Crippen LogP contribution is -2.62. The summed E-state index contributed by atoms with van der Waals surface area (Å²) in [7, 11) is 0. The molecule has 5 aliphatic carbocycles. The number of hydrogen-bond acceptors (Lipinski definition) is 3. The minimum absolute atomic E-state index is 0.1000. The second kappa shape index (κ2) is 5.95. The Bertz CT molecular complexity index is 755. The van der Waals surface area contributed by atoms with E-state index < -0.39 is 5.54 Å². The predicted molar refractivity (Wildman–Crippen MR) is 112 cm³/mol. The van der Waals surface area contributed by atoms with Crippen LogP contribution >= 0.6 is 0 Å². The fourth-order valence-electron chi connectivity index (χ4n) is 8.55. The van der Waals surface area contributed by atoms with Gasteiger partial charge in [-0.3, -0.25) is 4.79 Å². The van der Waals surface area contributed by atoms with Crippen molar-refractivity contribution in [3.05, 3.63) is 23.8 Å². The highest BCUT2D eigenvalue weighted by molar-refractivity contribution is 5.86. The Morgan fingerprint density at radius 1 is 1.14 bits per heavy atom. The van der Waals surface area contributed by atoms with Gasteiger partial charge in [-0.15, -0.1) is 0 Å². The van der Waals surface area contributed by atoms with E-state index >= 15 is 0 Å². The third kappa shape index (κ3) is 2.28. The van der Waals surface area contributed by atoms with Gasteiger partial charge in [0.15, 0.2) is 0 Å². The van der Waals surface area contributed by atoms with Crippen LogP contribution in [0.25, 0.3) is 0 Å². The number of allylic oxidation sites excluding steroid dienone is 3. The zero-order valence-corrected chi connectivity index (χ0v) is 17.4. The van der Waals surface area contributed by atoms with E-state index in [9.17, 15) is 4.79 Å². The Labute approximate surface area is 169 Å². The summed E-state index contributed by atoms with van der Waals surface area (Å²) in [6.45, 7) is 6.52. The minimum Gasteiger partial charge on any atom is -0.368 e. The van der Waals surface area contributed by atoms with Crippen LogP contribution in [0, 0.1) is 34.5 Å². The molecule has 4 heteroatoms. The molecule has 5 rings (SSSR count). The average Bonchev–Trinajstić information content (AvgIpc) is 3.44. The number of hydrogen-bond donors (Lipinski definition) is 3. The van der Waals surface area contributed by atoms with Crippen molar-refractivity contribution in [3.8, 4) is 0 Å². The first-order valence-electron chi connectivity index (χ1n) is 11.5. The summed E-state index contributed by atoms with van der Waals surface area (Å²) in [5.74, 6) is 2.21. The van der Waals surface area contributed by atoms with Crippen molar-refractivity contribution in [2.24, 2.45) is 51.7 Å². The van der Waals surface area contributed by atoms with Gasteiger partial charge in [0.1, 0.15) is 5.54 Å². The lowest BCUT2D eigenvalue weighted by Gasteiger charge is -2.55. The van der Waals surface area contributed by atoms with Gasteiger partial charge in [-0.05, 0) is 98.7 Å². The Morgan fingerprint density at radius 2 is 1.89 bits per heavy atom. The van der Waals surface area contributed by atoms with Gasteiger partial charge in [0.2, 0.25) is 5.91 Å². The van der Waals surface area contributed by atoms with Crippen LogP contribution in [-0.2, 0) is 4.79 Å². The summed E-state index contributed by atoms with van der Waals surface area (Å²) in [6.07, 6.45) is 13.6. The molecule has 0 aliphatic heterocycles. The first kappa shape index (κ1) is 18.9. The highest BCUT2D eigenvalue weighted by atomic mass is 16.1. The highest BCUT2D eigenvalue weighted by Crippen LogP contribution is 2.70. The van der Waals surface area contributed by atoms with Gasteiger partial charge >= 0.3 is 0 Å². The van der Waals surface area contributed by atoms with Crippen LogP contribution in [0.2, 0.25) is 0 Å². The number of carbonyl (C=O) groups excluding carboxylic acids is 1. The molecule has 7 atom stereocenters. The summed E-state index contributed by atoms with van der Waals surface area (Å²) < 4.78 is 0. The maximum atomic E-state index is 12.4. The molecule has 0 aromatic carbocycles. The number of carbonyl (C=O) groups is 1. The van der Waals surface area contributed by atoms with Gasteiger partial charge in [0.25, 0.3) is 0 Å². The Hall–Kier alpha value is -1.13. The van der Waals surface area contributed by atoms with Crippen LogP contribution in [0.4, 0.5) is 0 Å². The molecule has 0 saturated heterocycles. The topological polar surface area (TPSA) is 95.1 Å². The van der Waals surface area contributed by atoms with Crippen LogP contribution in [0.15, 0.2) is 23.8 Å². The fourth-order valence-corrected chi connectivity index (χ4v) is 8.55. The van der Waals surface area contributed by atoms with Gasteiger partial charge in [-0.25, -0.2) is 0 Å². The van der Waals surface area contributed by atoms with E-state index in [1.807, 2.05) is 0 Å². The quantitative estimate of drug-likeness (QED) is 0.682. The van der Waals surface area contributed by atoms with Crippen LogP contribution in [0.3, 0.4) is 0 Å². The molecule has 28 heavy (non-hydrogen) atoms. The number of rotatable bonds is 2. The number of amides is 1. The molecule has 5 aliphatic rings. The van der Waals surface area contributed by atoms with Crippen molar-refractivity contribution in [3.63, 3.8) is 0 Å². The molecule has 4 saturated carbocycles. The summed E-state index contributed by atoms with van der Waals surface area (Å²) in [5, 5.41) is 0. The zero-order chi connectivity index (χ0) is 19.9. The minimum atomic E-state index is -0.909. The standard InChI is InChI=1S/C24H37N3O/c1-14-7-9-23(15-3-4-15)16(11-14)5-6-18-19-8-10-24(27,21(26)28)22(19,2)13-17(25)12-20(18)23/h11,15,17-20H,1,3-10,12-13,25,27H2,2H3,(H2,26,28). The molecular formula is C24H37N3O. The van der Waals surface area contributed by atoms with Crippen molar-refractivity contribution < 1.29 is 4.79 Å². The Balaban J connectivity index is 1.60. The van der Waals surface area contributed by atoms with Crippen LogP contribution in [-0.4, -0.2) is 17.5 Å². The summed E-state index contributed by atoms with van der Waals surface area (Å²) in [6, 6.07) is 0.1000. The second-order valence-corrected chi connectivity index (χ2v) is 11.0. The van der Waals surface area contributed by atoms with Crippen molar-refractivity contribution in [2.75, 3.05) is 0 Å². The molecule has 0 heterocycles. The van der Waals surface area contributed by atoms with Gasteiger partial charge < -0.3 is 17.2 Å². The van der Waals surface area contributed by atoms with E-state index in [0.29, 0.717) is 23.2 Å². The van der Waals surface area contributed by atoms with Gasteiger partial charge in [-0.1, -0.05) is 30.7 Å². The molecule has 0 spiro atoms. The molecule has 1 amide bonds. The van der Waals surface area contributed by atoms with E-state index in [1.165, 1.54) is 37.7 Å². The maximum absolute atomic E-state index is 12.4. The van der Waals surface area contributed by atoms with Crippen molar-refractivity contribution in [2.45, 2.75) is 82.7 Å². The Kier molecular flexibility index (Phi) is 4.01. The fraction of sp³-hybridized carbons (Fsp3) is 0.792. The molecular weight excluding hydrogens is 346 g/mol. The second-order valence-electron chi connectivity index (χ2n) is 11.0. The third-order valence-corrected chi connectivity index (χ3v) is 9.95. The molecule has 0 bridgehead atoms. The molecule has 0 radical (unpaired) electrons. The van der Waals surface area contributed by atoms with E-state index in [4.69, 9.17) is 17.2 Å². The van der Waals surface area contributed by atoms with E-state index in [0.717, 1.165) is 38.0 Å². The SMILES string of the molecule is C=C1C=C2CCC3C(CC(N)CC4(C)C3CCC4(N)C(N)=O)C2(C2CC2)CC1. The normalized spacial score (nSPS) is 50.8. The number of nitrogens with two attached hydrogens (primary N) is 3. The molecule has 7 unspecified atom stereocenters. The smallest absolute Gasteiger partial charge is 0.238 e. The zero-order valence-electron chi connectivity index (χ0n) is 17.4. The first-order chi connectivity index (χ1) is 13.2. The average molecular weight is 384 g/mol. The third-order valence-electron chi connectivity index (χ3n) is 9.95. The maximum Gasteiger partial charge on any atom is 0.238 e. The van der Waals surface area contributed by atoms with E-state index in [2.05, 4.69) is 19.6 Å². The van der Waals surface area contributed by atoms with Gasteiger partial charge in [0, 0.05) is 6.04 Å². The van der Waals surface area contributed by atoms with Crippen LogP contribution in [0.5, 0.6) is 0 Å². The van der Waals surface area contributed by atoms with E-state index in [-0.39, 0.29) is 17.4 Å². The number of primary amides is 1. The van der Waals surface area contributed by atoms with Crippen molar-refractivity contribution in [1.82, 2.24) is 0 Å². The van der Waals surface area contributed by atoms with Crippen molar-refractivity contribution >= 4 is 5.91 Å². The predicted octanol–water partition coefficient (Wildman–Crippen LogP) is 3.41. The number of fused-ring (bicyclic) bond motifs is 5. The summed E-state index contributed by atoms with van der Waals surface area (Å²) in [4.78, 5) is 12.4. The van der Waals surface area contributed by atoms with Crippen LogP contribution < -0.4 is 17.2 Å². The lowest BCUT2D eigenvalue weighted by atomic mass is 9.49. The molecule has 4 fully saturated rings. The Morgan fingerprint density at radius 3 is 2.57 bits per heavy atom. The van der Waals surface area contributed by atoms with Gasteiger partial charge in [0.05, 0.1) is 0 Å². The van der Waals surface area contributed by atoms with E-state index in [1.54, 1.807) is 5.57 Å². The largest absolute Gasteiger partial charge is 0.368 e. The summed E-state index contributed by atoms with van der Waals surface area (Å²) in [5.41, 5.74) is 21.5. The lowest BCUT2D eigenvalue weighted by molar-refractivity contribution is -0.128. The molecule has 4 nitrogen and oxygen atoms in total.